The highest BCUT2D eigenvalue weighted by Crippen LogP contribution is 2.15. The molecule has 0 aliphatic heterocycles. The van der Waals surface area contributed by atoms with Gasteiger partial charge in [-0.1, -0.05) is 23.7 Å². The lowest BCUT2D eigenvalue weighted by atomic mass is 10.1. The second-order valence-electron chi connectivity index (χ2n) is 3.84. The van der Waals surface area contributed by atoms with E-state index in [0.717, 1.165) is 5.56 Å². The molecule has 0 radical (unpaired) electrons. The molecule has 0 bridgehead atoms. The summed E-state index contributed by atoms with van der Waals surface area (Å²) in [6, 6.07) is 6.56. The van der Waals surface area contributed by atoms with Crippen LogP contribution in [-0.4, -0.2) is 25.7 Å². The van der Waals surface area contributed by atoms with Crippen LogP contribution >= 0.6 is 11.6 Å². The Morgan fingerprint density at radius 2 is 2.06 bits per heavy atom. The minimum Gasteiger partial charge on any atom is -0.383 e. The molecule has 0 saturated heterocycles. The summed E-state index contributed by atoms with van der Waals surface area (Å²) < 4.78 is 4.82. The van der Waals surface area contributed by atoms with Crippen molar-refractivity contribution in [2.45, 2.75) is 19.0 Å². The van der Waals surface area contributed by atoms with Gasteiger partial charge in [0.2, 0.25) is 5.91 Å². The molecule has 4 nitrogen and oxygen atoms in total. The average molecular weight is 257 g/mol. The zero-order valence-electron chi connectivity index (χ0n) is 9.94. The van der Waals surface area contributed by atoms with Gasteiger partial charge < -0.3 is 15.8 Å². The van der Waals surface area contributed by atoms with Crippen molar-refractivity contribution in [3.8, 4) is 0 Å². The molecular weight excluding hydrogens is 240 g/mol. The molecule has 1 aromatic rings. The number of hydrogen-bond acceptors (Lipinski definition) is 3. The highest BCUT2D eigenvalue weighted by Gasteiger charge is 2.16. The highest BCUT2D eigenvalue weighted by molar-refractivity contribution is 6.30. The quantitative estimate of drug-likeness (QED) is 0.839. The topological polar surface area (TPSA) is 64.3 Å². The number of carbonyl (C=O) groups is 1. The van der Waals surface area contributed by atoms with E-state index in [-0.39, 0.29) is 18.6 Å². The zero-order chi connectivity index (χ0) is 12.8. The van der Waals surface area contributed by atoms with Gasteiger partial charge >= 0.3 is 0 Å². The Morgan fingerprint density at radius 3 is 2.59 bits per heavy atom. The van der Waals surface area contributed by atoms with E-state index < -0.39 is 6.04 Å². The van der Waals surface area contributed by atoms with E-state index in [1.54, 1.807) is 12.1 Å². The smallest absolute Gasteiger partial charge is 0.239 e. The van der Waals surface area contributed by atoms with Gasteiger partial charge in [-0.3, -0.25) is 4.79 Å². The van der Waals surface area contributed by atoms with E-state index in [2.05, 4.69) is 5.32 Å². The maximum absolute atomic E-state index is 11.6. The standard InChI is InChI=1S/C12H17ClN2O2/c1-8(9-3-5-10(13)6-4-9)15-12(16)11(14)7-17-2/h3-6,8,11H,7,14H2,1-2H3,(H,15,16)/t8-,11?/m1/s1. The van der Waals surface area contributed by atoms with Gasteiger partial charge in [-0.25, -0.2) is 0 Å². The lowest BCUT2D eigenvalue weighted by molar-refractivity contribution is -0.124. The number of carbonyl (C=O) groups excluding carboxylic acids is 1. The molecule has 94 valence electrons. The first-order chi connectivity index (χ1) is 8.04. The minimum absolute atomic E-state index is 0.109. The molecule has 1 rings (SSSR count). The fourth-order valence-corrected chi connectivity index (χ4v) is 1.54. The van der Waals surface area contributed by atoms with Crippen LogP contribution in [0.3, 0.4) is 0 Å². The molecule has 0 aliphatic rings. The maximum Gasteiger partial charge on any atom is 0.239 e. The molecular formula is C12H17ClN2O2. The van der Waals surface area contributed by atoms with Gasteiger partial charge in [-0.2, -0.15) is 0 Å². The van der Waals surface area contributed by atoms with E-state index in [9.17, 15) is 4.79 Å². The van der Waals surface area contributed by atoms with E-state index in [4.69, 9.17) is 22.1 Å². The number of halogens is 1. The minimum atomic E-state index is -0.644. The highest BCUT2D eigenvalue weighted by atomic mass is 35.5. The van der Waals surface area contributed by atoms with Crippen LogP contribution in [-0.2, 0) is 9.53 Å². The second kappa shape index (κ2) is 6.59. The molecule has 0 fully saturated rings. The van der Waals surface area contributed by atoms with Crippen LogP contribution < -0.4 is 11.1 Å². The maximum atomic E-state index is 11.6. The SMILES string of the molecule is COCC(N)C(=O)N[C@H](C)c1ccc(Cl)cc1. The molecule has 5 heteroatoms. The summed E-state index contributed by atoms with van der Waals surface area (Å²) >= 11 is 5.79. The third-order valence-corrected chi connectivity index (χ3v) is 2.66. The molecule has 1 amide bonds. The van der Waals surface area contributed by atoms with Crippen molar-refractivity contribution in [3.05, 3.63) is 34.9 Å². The van der Waals surface area contributed by atoms with Gasteiger partial charge in [0, 0.05) is 12.1 Å². The summed E-state index contributed by atoms with van der Waals surface area (Å²) in [7, 11) is 1.51. The summed E-state index contributed by atoms with van der Waals surface area (Å²) in [5.41, 5.74) is 6.60. The first-order valence-corrected chi connectivity index (χ1v) is 5.72. The van der Waals surface area contributed by atoms with Crippen molar-refractivity contribution in [3.63, 3.8) is 0 Å². The van der Waals surface area contributed by atoms with Crippen molar-refractivity contribution < 1.29 is 9.53 Å². The molecule has 0 aromatic heterocycles. The van der Waals surface area contributed by atoms with Crippen molar-refractivity contribution in [2.24, 2.45) is 5.73 Å². The van der Waals surface area contributed by atoms with Crippen molar-refractivity contribution in [1.29, 1.82) is 0 Å². The van der Waals surface area contributed by atoms with Crippen LogP contribution in [0.1, 0.15) is 18.5 Å². The predicted octanol–water partition coefficient (Wildman–Crippen LogP) is 1.49. The summed E-state index contributed by atoms with van der Waals surface area (Å²) in [4.78, 5) is 11.6. The number of hydrogen-bond donors (Lipinski definition) is 2. The fourth-order valence-electron chi connectivity index (χ4n) is 1.41. The van der Waals surface area contributed by atoms with Gasteiger partial charge in [0.25, 0.3) is 0 Å². The van der Waals surface area contributed by atoms with Crippen LogP contribution in [0.5, 0.6) is 0 Å². The number of nitrogens with two attached hydrogens (primary N) is 1. The Bertz CT molecular complexity index is 367. The molecule has 0 heterocycles. The van der Waals surface area contributed by atoms with Crippen molar-refractivity contribution in [2.75, 3.05) is 13.7 Å². The van der Waals surface area contributed by atoms with E-state index in [0.29, 0.717) is 5.02 Å². The zero-order valence-corrected chi connectivity index (χ0v) is 10.7. The second-order valence-corrected chi connectivity index (χ2v) is 4.28. The first-order valence-electron chi connectivity index (χ1n) is 5.35. The fraction of sp³-hybridized carbons (Fsp3) is 0.417. The molecule has 3 N–H and O–H groups in total. The molecule has 17 heavy (non-hydrogen) atoms. The Morgan fingerprint density at radius 1 is 1.47 bits per heavy atom. The number of ether oxygens (including phenoxy) is 1. The Hall–Kier alpha value is -1.10. The van der Waals surface area contributed by atoms with Crippen LogP contribution in [0.25, 0.3) is 0 Å². The van der Waals surface area contributed by atoms with Crippen LogP contribution in [0.4, 0.5) is 0 Å². The van der Waals surface area contributed by atoms with Gasteiger partial charge in [0.05, 0.1) is 12.6 Å². The van der Waals surface area contributed by atoms with Gasteiger partial charge in [0.15, 0.2) is 0 Å². The lowest BCUT2D eigenvalue weighted by Crippen LogP contribution is -2.44. The van der Waals surface area contributed by atoms with Gasteiger partial charge in [0.1, 0.15) is 6.04 Å². The summed E-state index contributed by atoms with van der Waals surface area (Å²) in [5, 5.41) is 3.48. The van der Waals surface area contributed by atoms with E-state index >= 15 is 0 Å². The Kier molecular flexibility index (Phi) is 5.41. The summed E-state index contributed by atoms with van der Waals surface area (Å²) in [6.07, 6.45) is 0. The number of nitrogens with one attached hydrogen (secondary N) is 1. The largest absolute Gasteiger partial charge is 0.383 e. The molecule has 0 spiro atoms. The number of amides is 1. The third-order valence-electron chi connectivity index (χ3n) is 2.41. The average Bonchev–Trinajstić information content (AvgIpc) is 2.30. The van der Waals surface area contributed by atoms with Gasteiger partial charge in [-0.05, 0) is 24.6 Å². The number of rotatable bonds is 5. The molecule has 0 saturated carbocycles. The Labute approximate surface area is 106 Å². The van der Waals surface area contributed by atoms with E-state index in [1.165, 1.54) is 7.11 Å². The molecule has 1 unspecified atom stereocenters. The number of methoxy groups -OCH3 is 1. The Balaban J connectivity index is 2.57. The van der Waals surface area contributed by atoms with Crippen molar-refractivity contribution >= 4 is 17.5 Å². The summed E-state index contributed by atoms with van der Waals surface area (Å²) in [6.45, 7) is 2.10. The monoisotopic (exact) mass is 256 g/mol. The molecule has 2 atom stereocenters. The predicted molar refractivity (Wildman–Crippen MR) is 67.9 cm³/mol. The molecule has 1 aromatic carbocycles. The van der Waals surface area contributed by atoms with Crippen LogP contribution in [0, 0.1) is 0 Å². The first kappa shape index (κ1) is 14.0. The van der Waals surface area contributed by atoms with Crippen LogP contribution in [0.2, 0.25) is 5.02 Å². The van der Waals surface area contributed by atoms with E-state index in [1.807, 2.05) is 19.1 Å². The van der Waals surface area contributed by atoms with Crippen molar-refractivity contribution in [1.82, 2.24) is 5.32 Å². The lowest BCUT2D eigenvalue weighted by Gasteiger charge is -2.17. The van der Waals surface area contributed by atoms with Crippen LogP contribution in [0.15, 0.2) is 24.3 Å². The molecule has 0 aliphatic carbocycles. The third kappa shape index (κ3) is 4.34. The normalized spacial score (nSPS) is 14.1. The van der Waals surface area contributed by atoms with Gasteiger partial charge in [-0.15, -0.1) is 0 Å². The number of benzene rings is 1. The summed E-state index contributed by atoms with van der Waals surface area (Å²) in [5.74, 6) is -0.227.